The summed E-state index contributed by atoms with van der Waals surface area (Å²) in [5.41, 5.74) is 0. The van der Waals surface area contributed by atoms with E-state index in [2.05, 4.69) is 36.1 Å². The summed E-state index contributed by atoms with van der Waals surface area (Å²) >= 11 is 0. The third-order valence-electron chi connectivity index (χ3n) is 3.35. The van der Waals surface area contributed by atoms with Crippen molar-refractivity contribution < 1.29 is 5.11 Å². The zero-order valence-corrected chi connectivity index (χ0v) is 10.9. The van der Waals surface area contributed by atoms with E-state index in [0.29, 0.717) is 12.6 Å². The lowest BCUT2D eigenvalue weighted by atomic mass is 10.2. The SMILES string of the molecule is CCNCC(O)CN(C)CC1CCCN1C. The molecule has 1 rings (SSSR count). The number of hydrogen-bond acceptors (Lipinski definition) is 4. The molecule has 2 unspecified atom stereocenters. The molecule has 96 valence electrons. The highest BCUT2D eigenvalue weighted by molar-refractivity contribution is 4.79. The van der Waals surface area contributed by atoms with Gasteiger partial charge in [-0.3, -0.25) is 0 Å². The number of aliphatic hydroxyl groups is 1. The van der Waals surface area contributed by atoms with Gasteiger partial charge in [-0.05, 0) is 40.0 Å². The van der Waals surface area contributed by atoms with Gasteiger partial charge in [-0.1, -0.05) is 6.92 Å². The number of likely N-dealkylation sites (tertiary alicyclic amines) is 1. The van der Waals surface area contributed by atoms with Crippen LogP contribution in [0.15, 0.2) is 0 Å². The van der Waals surface area contributed by atoms with Crippen LogP contribution >= 0.6 is 0 Å². The molecule has 2 atom stereocenters. The maximum atomic E-state index is 9.77. The van der Waals surface area contributed by atoms with Gasteiger partial charge in [0.1, 0.15) is 0 Å². The maximum Gasteiger partial charge on any atom is 0.0791 e. The van der Waals surface area contributed by atoms with E-state index < -0.39 is 0 Å². The van der Waals surface area contributed by atoms with Crippen LogP contribution in [0.3, 0.4) is 0 Å². The van der Waals surface area contributed by atoms with Crippen molar-refractivity contribution in [2.24, 2.45) is 0 Å². The maximum absolute atomic E-state index is 9.77. The Morgan fingerprint density at radius 2 is 2.31 bits per heavy atom. The van der Waals surface area contributed by atoms with Gasteiger partial charge in [0, 0.05) is 25.7 Å². The van der Waals surface area contributed by atoms with Gasteiger partial charge in [0.25, 0.3) is 0 Å². The summed E-state index contributed by atoms with van der Waals surface area (Å²) in [4.78, 5) is 4.67. The van der Waals surface area contributed by atoms with Gasteiger partial charge in [-0.25, -0.2) is 0 Å². The second-order valence-corrected chi connectivity index (χ2v) is 4.96. The molecule has 0 amide bonds. The van der Waals surface area contributed by atoms with E-state index in [9.17, 15) is 5.11 Å². The van der Waals surface area contributed by atoms with Crippen molar-refractivity contribution in [2.45, 2.75) is 31.9 Å². The Bertz CT molecular complexity index is 189. The minimum absolute atomic E-state index is 0.253. The monoisotopic (exact) mass is 229 g/mol. The topological polar surface area (TPSA) is 38.7 Å². The summed E-state index contributed by atoms with van der Waals surface area (Å²) < 4.78 is 0. The molecule has 2 N–H and O–H groups in total. The van der Waals surface area contributed by atoms with E-state index in [4.69, 9.17) is 0 Å². The highest BCUT2D eigenvalue weighted by atomic mass is 16.3. The Hall–Kier alpha value is -0.160. The van der Waals surface area contributed by atoms with E-state index in [1.54, 1.807) is 0 Å². The largest absolute Gasteiger partial charge is 0.390 e. The molecular formula is C12H27N3O. The molecule has 1 aliphatic rings. The second-order valence-electron chi connectivity index (χ2n) is 4.96. The van der Waals surface area contributed by atoms with Gasteiger partial charge in [-0.2, -0.15) is 0 Å². The number of hydrogen-bond donors (Lipinski definition) is 2. The number of rotatable bonds is 7. The summed E-state index contributed by atoms with van der Waals surface area (Å²) in [5, 5.41) is 12.9. The third-order valence-corrected chi connectivity index (χ3v) is 3.35. The molecule has 1 aliphatic heterocycles. The fraction of sp³-hybridized carbons (Fsp3) is 1.00. The molecular weight excluding hydrogens is 202 g/mol. The third kappa shape index (κ3) is 4.78. The average molecular weight is 229 g/mol. The average Bonchev–Trinajstić information content (AvgIpc) is 2.61. The lowest BCUT2D eigenvalue weighted by molar-refractivity contribution is 0.111. The molecule has 0 aromatic heterocycles. The predicted octanol–water partition coefficient (Wildman–Crippen LogP) is -0.0172. The normalized spacial score (nSPS) is 24.2. The zero-order valence-electron chi connectivity index (χ0n) is 10.9. The Labute approximate surface area is 99.6 Å². The Morgan fingerprint density at radius 3 is 2.88 bits per heavy atom. The minimum Gasteiger partial charge on any atom is -0.390 e. The van der Waals surface area contributed by atoms with Crippen LogP contribution in [0.4, 0.5) is 0 Å². The Kier molecular flexibility index (Phi) is 6.28. The van der Waals surface area contributed by atoms with Crippen molar-refractivity contribution in [1.29, 1.82) is 0 Å². The standard InChI is InChI=1S/C12H27N3O/c1-4-13-8-12(16)10-14(2)9-11-6-5-7-15(11)3/h11-13,16H,4-10H2,1-3H3. The molecule has 1 heterocycles. The van der Waals surface area contributed by atoms with Crippen LogP contribution in [0, 0.1) is 0 Å². The first-order valence-electron chi connectivity index (χ1n) is 6.41. The molecule has 16 heavy (non-hydrogen) atoms. The van der Waals surface area contributed by atoms with E-state index in [1.807, 2.05) is 0 Å². The van der Waals surface area contributed by atoms with Crippen molar-refractivity contribution in [3.63, 3.8) is 0 Å². The van der Waals surface area contributed by atoms with Crippen LogP contribution in [-0.4, -0.2) is 73.9 Å². The summed E-state index contributed by atoms with van der Waals surface area (Å²) in [6.07, 6.45) is 2.36. The lowest BCUT2D eigenvalue weighted by Crippen LogP contribution is -2.42. The molecule has 4 heteroatoms. The highest BCUT2D eigenvalue weighted by Gasteiger charge is 2.22. The van der Waals surface area contributed by atoms with Gasteiger partial charge >= 0.3 is 0 Å². The molecule has 4 nitrogen and oxygen atoms in total. The number of nitrogens with one attached hydrogen (secondary N) is 1. The zero-order chi connectivity index (χ0) is 12.0. The van der Waals surface area contributed by atoms with Crippen molar-refractivity contribution >= 4 is 0 Å². The Morgan fingerprint density at radius 1 is 1.56 bits per heavy atom. The summed E-state index contributed by atoms with van der Waals surface area (Å²) in [7, 11) is 4.29. The van der Waals surface area contributed by atoms with Crippen LogP contribution in [0.25, 0.3) is 0 Å². The van der Waals surface area contributed by atoms with Gasteiger partial charge in [0.05, 0.1) is 6.10 Å². The van der Waals surface area contributed by atoms with E-state index in [-0.39, 0.29) is 6.10 Å². The molecule has 0 aromatic rings. The van der Waals surface area contributed by atoms with Gasteiger partial charge in [0.15, 0.2) is 0 Å². The van der Waals surface area contributed by atoms with Crippen LogP contribution < -0.4 is 5.32 Å². The van der Waals surface area contributed by atoms with Crippen molar-refractivity contribution in [2.75, 3.05) is 46.8 Å². The molecule has 0 aromatic carbocycles. The van der Waals surface area contributed by atoms with Gasteiger partial charge in [0.2, 0.25) is 0 Å². The molecule has 0 radical (unpaired) electrons. The summed E-state index contributed by atoms with van der Waals surface area (Å²) in [5.74, 6) is 0. The number of aliphatic hydroxyl groups excluding tert-OH is 1. The smallest absolute Gasteiger partial charge is 0.0791 e. The van der Waals surface area contributed by atoms with E-state index in [1.165, 1.54) is 19.4 Å². The van der Waals surface area contributed by atoms with Crippen LogP contribution in [0.2, 0.25) is 0 Å². The highest BCUT2D eigenvalue weighted by Crippen LogP contribution is 2.15. The predicted molar refractivity (Wildman–Crippen MR) is 67.7 cm³/mol. The molecule has 1 saturated heterocycles. The van der Waals surface area contributed by atoms with Gasteiger partial charge in [-0.15, -0.1) is 0 Å². The van der Waals surface area contributed by atoms with Crippen LogP contribution in [0.5, 0.6) is 0 Å². The second kappa shape index (κ2) is 7.22. The molecule has 0 spiro atoms. The first-order chi connectivity index (χ1) is 7.63. The molecule has 0 aliphatic carbocycles. The van der Waals surface area contributed by atoms with Crippen molar-refractivity contribution in [1.82, 2.24) is 15.1 Å². The first kappa shape index (κ1) is 13.9. The van der Waals surface area contributed by atoms with Gasteiger partial charge < -0.3 is 20.2 Å². The van der Waals surface area contributed by atoms with Crippen LogP contribution in [-0.2, 0) is 0 Å². The molecule has 1 fully saturated rings. The van der Waals surface area contributed by atoms with Crippen molar-refractivity contribution in [3.8, 4) is 0 Å². The lowest BCUT2D eigenvalue weighted by Gasteiger charge is -2.27. The number of nitrogens with zero attached hydrogens (tertiary/aromatic N) is 2. The summed E-state index contributed by atoms with van der Waals surface area (Å²) in [6, 6.07) is 0.677. The summed E-state index contributed by atoms with van der Waals surface area (Å²) in [6.45, 7) is 6.73. The van der Waals surface area contributed by atoms with E-state index >= 15 is 0 Å². The number of likely N-dealkylation sites (N-methyl/N-ethyl adjacent to an activating group) is 3. The molecule has 0 saturated carbocycles. The first-order valence-corrected chi connectivity index (χ1v) is 6.41. The fourth-order valence-electron chi connectivity index (χ4n) is 2.38. The Balaban J connectivity index is 2.16. The minimum atomic E-state index is -0.253. The van der Waals surface area contributed by atoms with E-state index in [0.717, 1.165) is 19.6 Å². The quantitative estimate of drug-likeness (QED) is 0.644. The fourth-order valence-corrected chi connectivity index (χ4v) is 2.38. The molecule has 0 bridgehead atoms. The van der Waals surface area contributed by atoms with Crippen molar-refractivity contribution in [3.05, 3.63) is 0 Å². The van der Waals surface area contributed by atoms with Crippen LogP contribution in [0.1, 0.15) is 19.8 Å².